The molecule has 3 rings (SSSR count). The summed E-state index contributed by atoms with van der Waals surface area (Å²) < 4.78 is 0. The zero-order valence-electron chi connectivity index (χ0n) is 16.5. The lowest BCUT2D eigenvalue weighted by Gasteiger charge is -2.20. The summed E-state index contributed by atoms with van der Waals surface area (Å²) in [7, 11) is 0. The van der Waals surface area contributed by atoms with E-state index in [-0.39, 0.29) is 18.5 Å². The maximum atomic E-state index is 12.6. The van der Waals surface area contributed by atoms with Crippen molar-refractivity contribution >= 4 is 17.8 Å². The molecular formula is C22H28N2O3. The number of carbonyl (C=O) groups excluding carboxylic acids is 3. The number of hydrogen-bond donors (Lipinski definition) is 0. The summed E-state index contributed by atoms with van der Waals surface area (Å²) in [5.41, 5.74) is 3.35. The van der Waals surface area contributed by atoms with E-state index in [1.165, 1.54) is 17.6 Å². The minimum Gasteiger partial charge on any atom is -0.263 e. The quantitative estimate of drug-likeness (QED) is 0.445. The van der Waals surface area contributed by atoms with Crippen molar-refractivity contribution in [1.82, 2.24) is 9.80 Å². The second-order valence-electron chi connectivity index (χ2n) is 8.44. The van der Waals surface area contributed by atoms with Gasteiger partial charge in [-0.25, -0.2) is 4.79 Å². The summed E-state index contributed by atoms with van der Waals surface area (Å²) in [6.07, 6.45) is 7.30. The zero-order valence-corrected chi connectivity index (χ0v) is 16.5. The Hall–Kier alpha value is -2.43. The molecule has 1 aliphatic carbocycles. The first kappa shape index (κ1) is 19.3. The lowest BCUT2D eigenvalue weighted by molar-refractivity contribution is -0.143. The SMILES string of the molecule is CC(C)(C)c1ccc(CN2C(=O)C(=O)N(CCC3=CCCCC3)C2=O)cc1. The van der Waals surface area contributed by atoms with Gasteiger partial charge in [0.15, 0.2) is 0 Å². The Bertz CT molecular complexity index is 772. The van der Waals surface area contributed by atoms with Crippen LogP contribution in [0.2, 0.25) is 0 Å². The first-order valence-electron chi connectivity index (χ1n) is 9.72. The molecule has 2 aliphatic rings. The van der Waals surface area contributed by atoms with Crippen molar-refractivity contribution in [3.63, 3.8) is 0 Å². The number of benzene rings is 1. The Morgan fingerprint density at radius 1 is 0.926 bits per heavy atom. The number of allylic oxidation sites excluding steroid dienone is 1. The fraction of sp³-hybridized carbons (Fsp3) is 0.500. The number of hydrogen-bond acceptors (Lipinski definition) is 3. The van der Waals surface area contributed by atoms with E-state index in [0.29, 0.717) is 6.42 Å². The van der Waals surface area contributed by atoms with Gasteiger partial charge in [-0.05, 0) is 48.6 Å². The third kappa shape index (κ3) is 4.29. The highest BCUT2D eigenvalue weighted by Gasteiger charge is 2.44. The van der Waals surface area contributed by atoms with Crippen LogP contribution in [0.1, 0.15) is 64.0 Å². The normalized spacial score (nSPS) is 18.3. The van der Waals surface area contributed by atoms with E-state index in [4.69, 9.17) is 0 Å². The molecule has 0 aromatic heterocycles. The molecule has 0 spiro atoms. The average Bonchev–Trinajstić information content (AvgIpc) is 2.84. The van der Waals surface area contributed by atoms with Gasteiger partial charge in [0.2, 0.25) is 0 Å². The topological polar surface area (TPSA) is 57.7 Å². The Kier molecular flexibility index (Phi) is 5.49. The maximum Gasteiger partial charge on any atom is 0.334 e. The highest BCUT2D eigenvalue weighted by molar-refractivity contribution is 6.44. The molecule has 27 heavy (non-hydrogen) atoms. The molecule has 1 fully saturated rings. The fourth-order valence-electron chi connectivity index (χ4n) is 3.57. The summed E-state index contributed by atoms with van der Waals surface area (Å²) in [6, 6.07) is 7.36. The number of amides is 4. The molecule has 1 aromatic rings. The van der Waals surface area contributed by atoms with Gasteiger partial charge in [-0.2, -0.15) is 0 Å². The summed E-state index contributed by atoms with van der Waals surface area (Å²) in [6.45, 7) is 6.82. The van der Waals surface area contributed by atoms with Crippen molar-refractivity contribution < 1.29 is 14.4 Å². The van der Waals surface area contributed by atoms with Crippen LogP contribution in [0.15, 0.2) is 35.9 Å². The highest BCUT2D eigenvalue weighted by atomic mass is 16.2. The van der Waals surface area contributed by atoms with Gasteiger partial charge in [-0.15, -0.1) is 0 Å². The minimum atomic E-state index is -0.725. The molecule has 1 heterocycles. The van der Waals surface area contributed by atoms with E-state index in [2.05, 4.69) is 26.8 Å². The first-order valence-corrected chi connectivity index (χ1v) is 9.72. The minimum absolute atomic E-state index is 0.0401. The molecule has 0 N–H and O–H groups in total. The predicted octanol–water partition coefficient (Wildman–Crippen LogP) is 4.17. The van der Waals surface area contributed by atoms with E-state index in [0.717, 1.165) is 34.6 Å². The molecule has 5 nitrogen and oxygen atoms in total. The van der Waals surface area contributed by atoms with Gasteiger partial charge in [0.05, 0.1) is 6.54 Å². The van der Waals surface area contributed by atoms with Gasteiger partial charge >= 0.3 is 17.8 Å². The Morgan fingerprint density at radius 2 is 1.59 bits per heavy atom. The van der Waals surface area contributed by atoms with E-state index >= 15 is 0 Å². The number of urea groups is 1. The van der Waals surface area contributed by atoms with Gasteiger partial charge in [0.1, 0.15) is 0 Å². The second kappa shape index (κ2) is 7.67. The summed E-state index contributed by atoms with van der Waals surface area (Å²) in [5.74, 6) is -1.43. The van der Waals surface area contributed by atoms with Crippen LogP contribution in [0.3, 0.4) is 0 Å². The summed E-state index contributed by atoms with van der Waals surface area (Å²) >= 11 is 0. The van der Waals surface area contributed by atoms with Crippen molar-refractivity contribution in [2.24, 2.45) is 0 Å². The summed E-state index contributed by atoms with van der Waals surface area (Å²) in [5, 5.41) is 0. The summed E-state index contributed by atoms with van der Waals surface area (Å²) in [4.78, 5) is 39.4. The average molecular weight is 368 g/mol. The Labute approximate surface area is 161 Å². The van der Waals surface area contributed by atoms with E-state index in [1.807, 2.05) is 24.3 Å². The molecule has 0 bridgehead atoms. The van der Waals surface area contributed by atoms with Gasteiger partial charge in [0, 0.05) is 6.54 Å². The van der Waals surface area contributed by atoms with Crippen molar-refractivity contribution in [2.75, 3.05) is 6.54 Å². The van der Waals surface area contributed by atoms with Gasteiger partial charge in [-0.1, -0.05) is 56.7 Å². The highest BCUT2D eigenvalue weighted by Crippen LogP contribution is 2.24. The van der Waals surface area contributed by atoms with E-state index in [1.54, 1.807) is 0 Å². The molecule has 0 saturated carbocycles. The van der Waals surface area contributed by atoms with Crippen molar-refractivity contribution in [2.45, 2.75) is 64.8 Å². The molecule has 0 atom stereocenters. The third-order valence-electron chi connectivity index (χ3n) is 5.34. The Balaban J connectivity index is 1.65. The second-order valence-corrected chi connectivity index (χ2v) is 8.44. The molecule has 1 aromatic carbocycles. The standard InChI is InChI=1S/C22H28N2O3/c1-22(2,3)18-11-9-17(10-12-18)15-24-20(26)19(25)23(21(24)27)14-13-16-7-5-4-6-8-16/h7,9-12H,4-6,8,13-15H2,1-3H3. The van der Waals surface area contributed by atoms with Crippen molar-refractivity contribution in [1.29, 1.82) is 0 Å². The molecule has 1 saturated heterocycles. The van der Waals surface area contributed by atoms with Gasteiger partial charge in [0.25, 0.3) is 0 Å². The van der Waals surface area contributed by atoms with Crippen LogP contribution in [0.5, 0.6) is 0 Å². The monoisotopic (exact) mass is 368 g/mol. The first-order chi connectivity index (χ1) is 12.8. The predicted molar refractivity (Wildman–Crippen MR) is 104 cm³/mol. The molecule has 4 amide bonds. The van der Waals surface area contributed by atoms with Gasteiger partial charge < -0.3 is 0 Å². The zero-order chi connectivity index (χ0) is 19.6. The number of rotatable bonds is 5. The van der Waals surface area contributed by atoms with E-state index < -0.39 is 17.8 Å². The number of nitrogens with zero attached hydrogens (tertiary/aromatic N) is 2. The van der Waals surface area contributed by atoms with Crippen LogP contribution in [0.25, 0.3) is 0 Å². The number of imide groups is 2. The lowest BCUT2D eigenvalue weighted by atomic mass is 9.87. The van der Waals surface area contributed by atoms with E-state index in [9.17, 15) is 14.4 Å². The van der Waals surface area contributed by atoms with Crippen LogP contribution < -0.4 is 0 Å². The fourth-order valence-corrected chi connectivity index (χ4v) is 3.57. The van der Waals surface area contributed by atoms with Crippen molar-refractivity contribution in [3.05, 3.63) is 47.0 Å². The van der Waals surface area contributed by atoms with Crippen molar-refractivity contribution in [3.8, 4) is 0 Å². The lowest BCUT2D eigenvalue weighted by Crippen LogP contribution is -2.34. The van der Waals surface area contributed by atoms with Crippen LogP contribution >= 0.6 is 0 Å². The molecular weight excluding hydrogens is 340 g/mol. The number of carbonyl (C=O) groups is 3. The van der Waals surface area contributed by atoms with Crippen LogP contribution in [0.4, 0.5) is 4.79 Å². The van der Waals surface area contributed by atoms with Gasteiger partial charge in [-0.3, -0.25) is 19.4 Å². The largest absolute Gasteiger partial charge is 0.334 e. The molecule has 1 aliphatic heterocycles. The molecule has 144 valence electrons. The van der Waals surface area contributed by atoms with Crippen LogP contribution in [-0.2, 0) is 21.5 Å². The molecule has 0 unspecified atom stereocenters. The van der Waals surface area contributed by atoms with Crippen LogP contribution in [0, 0.1) is 0 Å². The molecule has 0 radical (unpaired) electrons. The smallest absolute Gasteiger partial charge is 0.263 e. The Morgan fingerprint density at radius 3 is 2.19 bits per heavy atom. The van der Waals surface area contributed by atoms with Crippen LogP contribution in [-0.4, -0.2) is 34.2 Å². The maximum absolute atomic E-state index is 12.6. The third-order valence-corrected chi connectivity index (χ3v) is 5.34. The molecule has 5 heteroatoms.